The maximum Gasteiger partial charge on any atom is 0.135 e. The molecule has 96 valence electrons. The number of hydrogen-bond acceptors (Lipinski definition) is 2. The predicted molar refractivity (Wildman–Crippen MR) is 68.5 cm³/mol. The Hall–Kier alpha value is -1.02. The fourth-order valence-corrected chi connectivity index (χ4v) is 2.63. The average Bonchev–Trinajstić information content (AvgIpc) is 2.25. The van der Waals surface area contributed by atoms with Gasteiger partial charge in [0.15, 0.2) is 0 Å². The van der Waals surface area contributed by atoms with Crippen molar-refractivity contribution in [2.45, 2.75) is 52.9 Å². The molecule has 0 aromatic rings. The molecule has 0 amide bonds. The van der Waals surface area contributed by atoms with Crippen LogP contribution in [0.1, 0.15) is 52.9 Å². The van der Waals surface area contributed by atoms with Gasteiger partial charge in [-0.25, -0.2) is 0 Å². The van der Waals surface area contributed by atoms with E-state index in [0.717, 1.165) is 32.1 Å². The normalized spacial score (nSPS) is 25.5. The summed E-state index contributed by atoms with van der Waals surface area (Å²) in [6.07, 6.45) is 4.49. The molecule has 4 nitrogen and oxygen atoms in total. The van der Waals surface area contributed by atoms with E-state index in [1.165, 1.54) is 0 Å². The highest BCUT2D eigenvalue weighted by Gasteiger charge is 2.34. The Labute approximate surface area is 103 Å². The second-order valence-corrected chi connectivity index (χ2v) is 6.10. The van der Waals surface area contributed by atoms with Crippen molar-refractivity contribution < 1.29 is 4.79 Å². The zero-order chi connectivity index (χ0) is 12.9. The van der Waals surface area contributed by atoms with Gasteiger partial charge in [-0.1, -0.05) is 25.9 Å². The second kappa shape index (κ2) is 6.06. The molecule has 1 aliphatic carbocycles. The number of ketones is 1. The van der Waals surface area contributed by atoms with E-state index in [2.05, 4.69) is 30.8 Å². The first kappa shape index (κ1) is 14.0. The Kier molecular flexibility index (Phi) is 5.01. The smallest absolute Gasteiger partial charge is 0.135 e. The van der Waals surface area contributed by atoms with Crippen molar-refractivity contribution in [1.29, 1.82) is 0 Å². The minimum atomic E-state index is 0.196. The summed E-state index contributed by atoms with van der Waals surface area (Å²) in [4.78, 5) is 14.6. The molecule has 0 spiro atoms. The van der Waals surface area contributed by atoms with Crippen LogP contribution in [-0.2, 0) is 4.79 Å². The van der Waals surface area contributed by atoms with E-state index in [9.17, 15) is 4.79 Å². The van der Waals surface area contributed by atoms with Gasteiger partial charge < -0.3 is 0 Å². The van der Waals surface area contributed by atoms with Gasteiger partial charge in [0.05, 0.1) is 0 Å². The number of Topliss-reactive ketones (excluding diaryl/α,β-unsaturated/α-hetero) is 1. The average molecular weight is 237 g/mol. The lowest BCUT2D eigenvalue weighted by atomic mass is 9.68. The van der Waals surface area contributed by atoms with Crippen LogP contribution in [0.5, 0.6) is 0 Å². The Morgan fingerprint density at radius 2 is 2.18 bits per heavy atom. The van der Waals surface area contributed by atoms with Crippen LogP contribution in [0.3, 0.4) is 0 Å². The van der Waals surface area contributed by atoms with Crippen LogP contribution in [-0.4, -0.2) is 12.3 Å². The molecule has 0 N–H and O–H groups in total. The summed E-state index contributed by atoms with van der Waals surface area (Å²) in [5.41, 5.74) is 8.49. The van der Waals surface area contributed by atoms with Gasteiger partial charge in [0.1, 0.15) is 5.78 Å². The van der Waals surface area contributed by atoms with Gasteiger partial charge in [-0.05, 0) is 42.5 Å². The second-order valence-electron chi connectivity index (χ2n) is 6.10. The van der Waals surface area contributed by atoms with Crippen molar-refractivity contribution in [3.8, 4) is 0 Å². The van der Waals surface area contributed by atoms with Crippen LogP contribution in [0, 0.1) is 17.3 Å². The van der Waals surface area contributed by atoms with Crippen molar-refractivity contribution in [2.24, 2.45) is 22.4 Å². The quantitative estimate of drug-likeness (QED) is 0.314. The Balaban J connectivity index is 2.46. The molecule has 1 unspecified atom stereocenters. The third-order valence-corrected chi connectivity index (χ3v) is 3.86. The van der Waals surface area contributed by atoms with Gasteiger partial charge in [0, 0.05) is 23.8 Å². The molecule has 2 atom stereocenters. The molecule has 1 rings (SSSR count). The van der Waals surface area contributed by atoms with Gasteiger partial charge in [0.2, 0.25) is 0 Å². The van der Waals surface area contributed by atoms with Gasteiger partial charge in [-0.3, -0.25) is 4.79 Å². The summed E-state index contributed by atoms with van der Waals surface area (Å²) in [5.74, 6) is 1.25. The molecule has 1 fully saturated rings. The Morgan fingerprint density at radius 1 is 1.47 bits per heavy atom. The number of rotatable bonds is 4. The summed E-state index contributed by atoms with van der Waals surface area (Å²) in [7, 11) is 0. The monoisotopic (exact) mass is 237 g/mol. The van der Waals surface area contributed by atoms with Crippen molar-refractivity contribution in [1.82, 2.24) is 0 Å². The number of nitrogens with zero attached hydrogens (tertiary/aromatic N) is 3. The molecular formula is C13H23N3O. The van der Waals surface area contributed by atoms with Gasteiger partial charge in [0.25, 0.3) is 0 Å². The molecule has 0 aromatic heterocycles. The summed E-state index contributed by atoms with van der Waals surface area (Å²) < 4.78 is 0. The van der Waals surface area contributed by atoms with Crippen molar-refractivity contribution >= 4 is 5.78 Å². The van der Waals surface area contributed by atoms with Crippen molar-refractivity contribution in [2.75, 3.05) is 6.54 Å². The van der Waals surface area contributed by atoms with E-state index in [1.54, 1.807) is 0 Å². The van der Waals surface area contributed by atoms with Crippen LogP contribution >= 0.6 is 0 Å². The molecular weight excluding hydrogens is 214 g/mol. The standard InChI is InChI=1S/C13H23N3O/c1-13(2,3)11-6-7-12(17)10(9-11)5-4-8-15-16-14/h10-11H,4-9H2,1-3H3/t10?,11-/m1/s1. The first-order valence-corrected chi connectivity index (χ1v) is 6.48. The van der Waals surface area contributed by atoms with Crippen molar-refractivity contribution in [3.63, 3.8) is 0 Å². The Bertz CT molecular complexity index is 313. The fourth-order valence-electron chi connectivity index (χ4n) is 2.63. The highest BCUT2D eigenvalue weighted by molar-refractivity contribution is 5.81. The number of carbonyl (C=O) groups excluding carboxylic acids is 1. The Morgan fingerprint density at radius 3 is 2.76 bits per heavy atom. The first-order chi connectivity index (χ1) is 7.95. The van der Waals surface area contributed by atoms with Gasteiger partial charge >= 0.3 is 0 Å². The lowest BCUT2D eigenvalue weighted by Crippen LogP contribution is -2.32. The maximum absolute atomic E-state index is 11.8. The highest BCUT2D eigenvalue weighted by Crippen LogP contribution is 2.40. The topological polar surface area (TPSA) is 65.8 Å². The third kappa shape index (κ3) is 4.39. The molecule has 17 heavy (non-hydrogen) atoms. The fraction of sp³-hybridized carbons (Fsp3) is 0.923. The van der Waals surface area contributed by atoms with Crippen LogP contribution in [0.25, 0.3) is 10.4 Å². The molecule has 4 heteroatoms. The molecule has 1 aliphatic rings. The van der Waals surface area contributed by atoms with Crippen molar-refractivity contribution in [3.05, 3.63) is 10.4 Å². The van der Waals surface area contributed by atoms with E-state index in [0.29, 0.717) is 23.7 Å². The van der Waals surface area contributed by atoms with Crippen LogP contribution < -0.4 is 0 Å². The molecule has 0 radical (unpaired) electrons. The summed E-state index contributed by atoms with van der Waals surface area (Å²) in [5, 5.41) is 3.52. The lowest BCUT2D eigenvalue weighted by molar-refractivity contribution is -0.126. The maximum atomic E-state index is 11.8. The van der Waals surface area contributed by atoms with E-state index < -0.39 is 0 Å². The zero-order valence-electron chi connectivity index (χ0n) is 11.1. The van der Waals surface area contributed by atoms with E-state index in [4.69, 9.17) is 5.53 Å². The minimum absolute atomic E-state index is 0.196. The third-order valence-electron chi connectivity index (χ3n) is 3.86. The summed E-state index contributed by atoms with van der Waals surface area (Å²) >= 11 is 0. The first-order valence-electron chi connectivity index (χ1n) is 6.48. The van der Waals surface area contributed by atoms with E-state index in [-0.39, 0.29) is 5.92 Å². The van der Waals surface area contributed by atoms with Crippen LogP contribution in [0.15, 0.2) is 5.11 Å². The zero-order valence-corrected chi connectivity index (χ0v) is 11.1. The van der Waals surface area contributed by atoms with E-state index >= 15 is 0 Å². The number of hydrogen-bond donors (Lipinski definition) is 0. The van der Waals surface area contributed by atoms with Gasteiger partial charge in [-0.2, -0.15) is 0 Å². The van der Waals surface area contributed by atoms with E-state index in [1.807, 2.05) is 0 Å². The molecule has 0 bridgehead atoms. The number of azide groups is 1. The molecule has 0 saturated heterocycles. The minimum Gasteiger partial charge on any atom is -0.299 e. The SMILES string of the molecule is CC(C)(C)[C@@H]1CCC(=O)C(CCCN=[N+]=[N-])C1. The van der Waals surface area contributed by atoms with Crippen LogP contribution in [0.2, 0.25) is 0 Å². The molecule has 0 aliphatic heterocycles. The lowest BCUT2D eigenvalue weighted by Gasteiger charge is -2.37. The van der Waals surface area contributed by atoms with Gasteiger partial charge in [-0.15, -0.1) is 0 Å². The largest absolute Gasteiger partial charge is 0.299 e. The molecule has 0 aromatic carbocycles. The highest BCUT2D eigenvalue weighted by atomic mass is 16.1. The summed E-state index contributed by atoms with van der Waals surface area (Å²) in [6, 6.07) is 0. The predicted octanol–water partition coefficient (Wildman–Crippen LogP) is 4.11. The van der Waals surface area contributed by atoms with Crippen LogP contribution in [0.4, 0.5) is 0 Å². The molecule has 0 heterocycles. The number of carbonyl (C=O) groups is 1. The molecule has 1 saturated carbocycles. The summed E-state index contributed by atoms with van der Waals surface area (Å²) in [6.45, 7) is 7.28.